The van der Waals surface area contributed by atoms with E-state index in [2.05, 4.69) is 5.32 Å². The molecule has 1 amide bonds. The molecule has 4 aromatic carbocycles. The van der Waals surface area contributed by atoms with Crippen molar-refractivity contribution < 1.29 is 40.3 Å². The van der Waals surface area contributed by atoms with Gasteiger partial charge < -0.3 is 10.1 Å². The zero-order chi connectivity index (χ0) is 28.4. The topological polar surface area (TPSA) is 38.3 Å². The summed E-state index contributed by atoms with van der Waals surface area (Å²) >= 11 is 0. The fourth-order valence-electron chi connectivity index (χ4n) is 4.29. The Kier molecular flexibility index (Phi) is 7.67. The summed E-state index contributed by atoms with van der Waals surface area (Å²) in [6, 6.07) is 15.7. The lowest BCUT2D eigenvalue weighted by Crippen LogP contribution is -2.49. The minimum atomic E-state index is -4.94. The normalized spacial score (nSPS) is 13.0. The third-order valence-electron chi connectivity index (χ3n) is 6.18. The maximum atomic E-state index is 14.7. The van der Waals surface area contributed by atoms with E-state index in [1.807, 2.05) is 0 Å². The lowest BCUT2D eigenvalue weighted by Gasteiger charge is -2.37. The van der Waals surface area contributed by atoms with Crippen molar-refractivity contribution in [2.24, 2.45) is 0 Å². The number of nitrogens with one attached hydrogen (secondary N) is 1. The first kappa shape index (κ1) is 27.7. The van der Waals surface area contributed by atoms with Crippen LogP contribution in [0.1, 0.15) is 32.6 Å². The zero-order valence-electron chi connectivity index (χ0n) is 20.3. The maximum Gasteiger partial charge on any atom is 0.416 e. The summed E-state index contributed by atoms with van der Waals surface area (Å²) < 4.78 is 103. The highest BCUT2D eigenvalue weighted by Gasteiger charge is 2.40. The van der Waals surface area contributed by atoms with Crippen molar-refractivity contribution in [2.45, 2.75) is 18.1 Å². The first-order valence-electron chi connectivity index (χ1n) is 11.5. The van der Waals surface area contributed by atoms with Gasteiger partial charge in [0.05, 0.1) is 18.2 Å². The number of halogens is 7. The molecule has 0 radical (unpaired) electrons. The molecule has 39 heavy (non-hydrogen) atoms. The van der Waals surface area contributed by atoms with Gasteiger partial charge in [0.2, 0.25) is 0 Å². The molecule has 0 saturated heterocycles. The Morgan fingerprint density at radius 1 is 0.744 bits per heavy atom. The molecule has 0 fully saturated rings. The average molecular weight is 547 g/mol. The van der Waals surface area contributed by atoms with Crippen LogP contribution in [0.3, 0.4) is 0 Å². The van der Waals surface area contributed by atoms with Crippen LogP contribution in [0.5, 0.6) is 5.75 Å². The average Bonchev–Trinajstić information content (AvgIpc) is 2.89. The SMILES string of the molecule is COc1cc([C@@](Cc2ccccc2)(NC(=O)c2ccc(F)c(F)c2)c2cc(F)cc(C(F)(F)F)c2)ccc1F. The molecule has 202 valence electrons. The highest BCUT2D eigenvalue weighted by Crippen LogP contribution is 2.40. The van der Waals surface area contributed by atoms with E-state index in [0.29, 0.717) is 29.8 Å². The van der Waals surface area contributed by atoms with Crippen molar-refractivity contribution in [3.8, 4) is 5.75 Å². The quantitative estimate of drug-likeness (QED) is 0.249. The number of carbonyl (C=O) groups is 1. The summed E-state index contributed by atoms with van der Waals surface area (Å²) in [6.45, 7) is 0. The Hall–Kier alpha value is -4.34. The van der Waals surface area contributed by atoms with Gasteiger partial charge in [-0.2, -0.15) is 13.2 Å². The first-order chi connectivity index (χ1) is 18.4. The van der Waals surface area contributed by atoms with E-state index in [-0.39, 0.29) is 28.9 Å². The van der Waals surface area contributed by atoms with Crippen LogP contribution in [0.15, 0.2) is 84.9 Å². The Labute approximate surface area is 218 Å². The van der Waals surface area contributed by atoms with Crippen molar-refractivity contribution >= 4 is 5.91 Å². The van der Waals surface area contributed by atoms with E-state index in [9.17, 15) is 35.5 Å². The third kappa shape index (κ3) is 5.89. The van der Waals surface area contributed by atoms with Gasteiger partial charge in [0.15, 0.2) is 23.2 Å². The summed E-state index contributed by atoms with van der Waals surface area (Å²) in [7, 11) is 1.17. The van der Waals surface area contributed by atoms with Crippen LogP contribution in [0.4, 0.5) is 30.7 Å². The molecule has 0 aromatic heterocycles. The maximum absolute atomic E-state index is 14.7. The van der Waals surface area contributed by atoms with Crippen molar-refractivity contribution in [3.63, 3.8) is 0 Å². The molecule has 1 atom stereocenters. The van der Waals surface area contributed by atoms with Crippen LogP contribution in [0.2, 0.25) is 0 Å². The number of hydrogen-bond donors (Lipinski definition) is 1. The summed E-state index contributed by atoms with van der Waals surface area (Å²) in [5.41, 5.74) is -3.43. The molecule has 0 saturated carbocycles. The number of ether oxygens (including phenoxy) is 1. The number of amides is 1. The van der Waals surface area contributed by atoms with E-state index >= 15 is 0 Å². The number of alkyl halides is 3. The first-order valence-corrected chi connectivity index (χ1v) is 11.5. The molecular weight excluding hydrogens is 527 g/mol. The van der Waals surface area contributed by atoms with Gasteiger partial charge in [-0.15, -0.1) is 0 Å². The second-order valence-electron chi connectivity index (χ2n) is 8.73. The Morgan fingerprint density at radius 3 is 2.05 bits per heavy atom. The van der Waals surface area contributed by atoms with Crippen LogP contribution < -0.4 is 10.1 Å². The molecule has 4 aromatic rings. The standard InChI is InChI=1S/C29H20F7NO2/c1-39-26-15-19(8-10-24(26)32)28(16-17-5-3-2-4-6-17,20-12-21(29(34,35)36)14-22(30)13-20)37-27(38)18-7-9-23(31)25(33)11-18/h2-15H,16H2,1H3,(H,37,38)/t28-/m1/s1. The molecule has 0 bridgehead atoms. The van der Waals surface area contributed by atoms with Crippen molar-refractivity contribution in [2.75, 3.05) is 7.11 Å². The van der Waals surface area contributed by atoms with Crippen molar-refractivity contribution in [1.82, 2.24) is 5.32 Å². The number of carbonyl (C=O) groups excluding carboxylic acids is 1. The predicted molar refractivity (Wildman–Crippen MR) is 129 cm³/mol. The molecule has 0 aliphatic carbocycles. The molecule has 0 unspecified atom stereocenters. The van der Waals surface area contributed by atoms with E-state index in [1.54, 1.807) is 30.3 Å². The minimum Gasteiger partial charge on any atom is -0.494 e. The van der Waals surface area contributed by atoms with E-state index < -0.39 is 46.5 Å². The van der Waals surface area contributed by atoms with Gasteiger partial charge in [-0.05, 0) is 65.2 Å². The van der Waals surface area contributed by atoms with E-state index in [4.69, 9.17) is 4.74 Å². The van der Waals surface area contributed by atoms with E-state index in [1.165, 1.54) is 19.2 Å². The lowest BCUT2D eigenvalue weighted by atomic mass is 9.77. The molecule has 0 aliphatic heterocycles. The van der Waals surface area contributed by atoms with E-state index in [0.717, 1.165) is 18.2 Å². The smallest absolute Gasteiger partial charge is 0.416 e. The number of methoxy groups -OCH3 is 1. The van der Waals surface area contributed by atoms with Crippen LogP contribution in [0, 0.1) is 23.3 Å². The zero-order valence-corrected chi connectivity index (χ0v) is 20.3. The van der Waals surface area contributed by atoms with Gasteiger partial charge in [-0.1, -0.05) is 36.4 Å². The van der Waals surface area contributed by atoms with Gasteiger partial charge in [-0.3, -0.25) is 4.79 Å². The second-order valence-corrected chi connectivity index (χ2v) is 8.73. The van der Waals surface area contributed by atoms with Gasteiger partial charge in [0.25, 0.3) is 5.91 Å². The monoisotopic (exact) mass is 547 g/mol. The van der Waals surface area contributed by atoms with Gasteiger partial charge >= 0.3 is 6.18 Å². The van der Waals surface area contributed by atoms with Gasteiger partial charge in [0.1, 0.15) is 5.82 Å². The molecular formula is C29H20F7NO2. The van der Waals surface area contributed by atoms with Crippen LogP contribution in [-0.2, 0) is 18.1 Å². The Balaban J connectivity index is 2.02. The Bertz CT molecular complexity index is 1510. The van der Waals surface area contributed by atoms with Gasteiger partial charge in [0, 0.05) is 12.0 Å². The molecule has 0 aliphatic rings. The lowest BCUT2D eigenvalue weighted by molar-refractivity contribution is -0.137. The predicted octanol–water partition coefficient (Wildman–Crippen LogP) is 7.19. The third-order valence-corrected chi connectivity index (χ3v) is 6.18. The molecule has 10 heteroatoms. The summed E-state index contributed by atoms with van der Waals surface area (Å²) in [6.07, 6.45) is -5.18. The Morgan fingerprint density at radius 2 is 1.41 bits per heavy atom. The molecule has 0 heterocycles. The fourth-order valence-corrected chi connectivity index (χ4v) is 4.29. The molecule has 3 nitrogen and oxygen atoms in total. The number of hydrogen-bond acceptors (Lipinski definition) is 2. The van der Waals surface area contributed by atoms with Crippen molar-refractivity contribution in [3.05, 3.63) is 136 Å². The van der Waals surface area contributed by atoms with Crippen LogP contribution in [-0.4, -0.2) is 13.0 Å². The highest BCUT2D eigenvalue weighted by atomic mass is 19.4. The van der Waals surface area contributed by atoms with Crippen molar-refractivity contribution in [1.29, 1.82) is 0 Å². The summed E-state index contributed by atoms with van der Waals surface area (Å²) in [4.78, 5) is 13.4. The molecule has 1 N–H and O–H groups in total. The second kappa shape index (κ2) is 10.8. The largest absolute Gasteiger partial charge is 0.494 e. The number of rotatable bonds is 7. The summed E-state index contributed by atoms with van der Waals surface area (Å²) in [5.74, 6) is -5.88. The highest BCUT2D eigenvalue weighted by molar-refractivity contribution is 5.95. The van der Waals surface area contributed by atoms with Gasteiger partial charge in [-0.25, -0.2) is 17.6 Å². The minimum absolute atomic E-state index is 0.0410. The molecule has 4 rings (SSSR count). The van der Waals surface area contributed by atoms with Crippen LogP contribution in [0.25, 0.3) is 0 Å². The number of benzene rings is 4. The fraction of sp³-hybridized carbons (Fsp3) is 0.138. The molecule has 0 spiro atoms. The summed E-state index contributed by atoms with van der Waals surface area (Å²) in [5, 5.41) is 2.61. The van der Waals surface area contributed by atoms with Crippen LogP contribution >= 0.6 is 0 Å².